The van der Waals surface area contributed by atoms with Crippen LogP contribution in [-0.4, -0.2) is 32.6 Å². The van der Waals surface area contributed by atoms with Crippen molar-refractivity contribution in [2.75, 3.05) is 12.0 Å². The summed E-state index contributed by atoms with van der Waals surface area (Å²) in [6, 6.07) is 7.90. The minimum Gasteiger partial charge on any atom is -0.491 e. The van der Waals surface area contributed by atoms with Gasteiger partial charge < -0.3 is 10.1 Å². The number of sulfone groups is 1. The first kappa shape index (κ1) is 17.0. The minimum absolute atomic E-state index is 0.0772. The van der Waals surface area contributed by atoms with Crippen LogP contribution in [0.25, 0.3) is 0 Å². The van der Waals surface area contributed by atoms with Crippen molar-refractivity contribution in [3.05, 3.63) is 29.8 Å². The van der Waals surface area contributed by atoms with Gasteiger partial charge in [0.15, 0.2) is 0 Å². The molecular weight excluding hydrogens is 274 g/mol. The summed E-state index contributed by atoms with van der Waals surface area (Å²) in [6.45, 7) is 7.89. The fourth-order valence-corrected chi connectivity index (χ4v) is 3.14. The summed E-state index contributed by atoms with van der Waals surface area (Å²) in [7, 11) is -2.95. The third-order valence-corrected chi connectivity index (χ3v) is 3.94. The van der Waals surface area contributed by atoms with Gasteiger partial charge >= 0.3 is 0 Å². The summed E-state index contributed by atoms with van der Waals surface area (Å²) in [4.78, 5) is 0. The minimum atomic E-state index is -2.95. The Morgan fingerprint density at radius 1 is 1.10 bits per heavy atom. The van der Waals surface area contributed by atoms with Crippen molar-refractivity contribution in [2.45, 2.75) is 45.9 Å². The van der Waals surface area contributed by atoms with E-state index in [2.05, 4.69) is 5.32 Å². The number of hydrogen-bond acceptors (Lipinski definition) is 4. The molecule has 4 nitrogen and oxygen atoms in total. The molecule has 2 unspecified atom stereocenters. The molecule has 0 amide bonds. The fraction of sp³-hybridized carbons (Fsp3) is 0.600. The predicted molar refractivity (Wildman–Crippen MR) is 82.9 cm³/mol. The van der Waals surface area contributed by atoms with E-state index in [0.29, 0.717) is 0 Å². The molecule has 1 rings (SSSR count). The van der Waals surface area contributed by atoms with Crippen LogP contribution in [0.2, 0.25) is 0 Å². The topological polar surface area (TPSA) is 55.4 Å². The van der Waals surface area contributed by atoms with Gasteiger partial charge in [0, 0.05) is 18.3 Å². The quantitative estimate of drug-likeness (QED) is 0.840. The van der Waals surface area contributed by atoms with Crippen molar-refractivity contribution >= 4 is 9.84 Å². The van der Waals surface area contributed by atoms with Crippen LogP contribution in [-0.2, 0) is 9.84 Å². The fourth-order valence-electron chi connectivity index (χ4n) is 2.13. The largest absolute Gasteiger partial charge is 0.491 e. The molecule has 0 aromatic heterocycles. The van der Waals surface area contributed by atoms with Crippen molar-refractivity contribution in [3.63, 3.8) is 0 Å². The van der Waals surface area contributed by atoms with E-state index in [4.69, 9.17) is 4.74 Å². The summed E-state index contributed by atoms with van der Waals surface area (Å²) >= 11 is 0. The molecule has 0 spiro atoms. The van der Waals surface area contributed by atoms with Gasteiger partial charge in [0.05, 0.1) is 11.9 Å². The molecule has 0 fully saturated rings. The van der Waals surface area contributed by atoms with Gasteiger partial charge in [-0.3, -0.25) is 0 Å². The zero-order valence-corrected chi connectivity index (χ0v) is 13.7. The average Bonchev–Trinajstić information content (AvgIpc) is 2.26. The molecule has 1 aromatic rings. The van der Waals surface area contributed by atoms with Crippen LogP contribution in [0.3, 0.4) is 0 Å². The van der Waals surface area contributed by atoms with Gasteiger partial charge in [-0.05, 0) is 45.4 Å². The van der Waals surface area contributed by atoms with Crippen LogP contribution in [0.4, 0.5) is 0 Å². The van der Waals surface area contributed by atoms with E-state index in [9.17, 15) is 8.42 Å². The average molecular weight is 299 g/mol. The van der Waals surface area contributed by atoms with Crippen molar-refractivity contribution in [3.8, 4) is 5.75 Å². The molecule has 0 bridgehead atoms. The maximum atomic E-state index is 11.3. The number of hydrogen-bond donors (Lipinski definition) is 1. The van der Waals surface area contributed by atoms with Crippen LogP contribution < -0.4 is 10.1 Å². The Labute approximate surface area is 122 Å². The molecule has 0 saturated heterocycles. The normalized spacial score (nSPS) is 15.1. The molecule has 2 atom stereocenters. The van der Waals surface area contributed by atoms with E-state index in [0.717, 1.165) is 11.3 Å². The summed E-state index contributed by atoms with van der Waals surface area (Å²) in [5.74, 6) is 0.992. The Morgan fingerprint density at radius 3 is 2.10 bits per heavy atom. The Morgan fingerprint density at radius 2 is 1.65 bits per heavy atom. The molecule has 0 aliphatic rings. The molecule has 0 radical (unpaired) electrons. The smallest absolute Gasteiger partial charge is 0.148 e. The van der Waals surface area contributed by atoms with Crippen LogP contribution in [0.15, 0.2) is 24.3 Å². The first-order valence-electron chi connectivity index (χ1n) is 6.88. The van der Waals surface area contributed by atoms with Gasteiger partial charge in [-0.1, -0.05) is 12.1 Å². The molecule has 1 N–H and O–H groups in total. The van der Waals surface area contributed by atoms with Crippen molar-refractivity contribution in [2.24, 2.45) is 0 Å². The van der Waals surface area contributed by atoms with E-state index in [1.54, 1.807) is 0 Å². The van der Waals surface area contributed by atoms with E-state index in [1.807, 2.05) is 52.0 Å². The van der Waals surface area contributed by atoms with Gasteiger partial charge in [-0.25, -0.2) is 8.42 Å². The molecule has 0 aliphatic heterocycles. The van der Waals surface area contributed by atoms with Gasteiger partial charge in [0.2, 0.25) is 0 Å². The SMILES string of the molecule is CC(CS(C)(=O)=O)NC(C)c1ccc(OC(C)C)cc1. The van der Waals surface area contributed by atoms with Crippen LogP contribution >= 0.6 is 0 Å². The summed E-state index contributed by atoms with van der Waals surface area (Å²) in [6.07, 6.45) is 1.42. The molecular formula is C15H25NO3S. The number of rotatable bonds is 7. The summed E-state index contributed by atoms with van der Waals surface area (Å²) < 4.78 is 28.1. The Bertz CT molecular complexity index is 508. The first-order valence-corrected chi connectivity index (χ1v) is 8.94. The van der Waals surface area contributed by atoms with E-state index in [-0.39, 0.29) is 23.9 Å². The van der Waals surface area contributed by atoms with Crippen LogP contribution in [0.1, 0.15) is 39.3 Å². The molecule has 5 heteroatoms. The van der Waals surface area contributed by atoms with Crippen molar-refractivity contribution < 1.29 is 13.2 Å². The van der Waals surface area contributed by atoms with Crippen molar-refractivity contribution in [1.82, 2.24) is 5.32 Å². The van der Waals surface area contributed by atoms with Gasteiger partial charge in [0.25, 0.3) is 0 Å². The zero-order chi connectivity index (χ0) is 15.3. The first-order chi connectivity index (χ1) is 9.17. The lowest BCUT2D eigenvalue weighted by molar-refractivity contribution is 0.242. The van der Waals surface area contributed by atoms with E-state index < -0.39 is 9.84 Å². The highest BCUT2D eigenvalue weighted by Crippen LogP contribution is 2.19. The molecule has 114 valence electrons. The number of benzene rings is 1. The van der Waals surface area contributed by atoms with Gasteiger partial charge in [-0.15, -0.1) is 0 Å². The lowest BCUT2D eigenvalue weighted by Crippen LogP contribution is -2.34. The van der Waals surface area contributed by atoms with Crippen LogP contribution in [0.5, 0.6) is 5.75 Å². The highest BCUT2D eigenvalue weighted by atomic mass is 32.2. The lowest BCUT2D eigenvalue weighted by atomic mass is 10.1. The maximum absolute atomic E-state index is 11.3. The number of nitrogens with one attached hydrogen (secondary N) is 1. The molecule has 0 saturated carbocycles. The zero-order valence-electron chi connectivity index (χ0n) is 12.9. The standard InChI is InChI=1S/C15H25NO3S/c1-11(2)19-15-8-6-14(7-9-15)13(4)16-12(3)10-20(5,17)18/h6-9,11-13,16H,10H2,1-5H3. The number of ether oxygens (including phenoxy) is 1. The van der Waals surface area contributed by atoms with Gasteiger partial charge in [-0.2, -0.15) is 0 Å². The Hall–Kier alpha value is -1.07. The summed E-state index contributed by atoms with van der Waals surface area (Å²) in [5.41, 5.74) is 1.11. The van der Waals surface area contributed by atoms with Crippen molar-refractivity contribution in [1.29, 1.82) is 0 Å². The highest BCUT2D eigenvalue weighted by molar-refractivity contribution is 7.90. The molecule has 0 heterocycles. The summed E-state index contributed by atoms with van der Waals surface area (Å²) in [5, 5.41) is 3.29. The molecule has 20 heavy (non-hydrogen) atoms. The Kier molecular flexibility index (Phi) is 6.02. The lowest BCUT2D eigenvalue weighted by Gasteiger charge is -2.20. The molecule has 1 aromatic carbocycles. The second kappa shape index (κ2) is 7.09. The third kappa shape index (κ3) is 6.39. The maximum Gasteiger partial charge on any atom is 0.148 e. The molecule has 0 aliphatic carbocycles. The van der Waals surface area contributed by atoms with Crippen LogP contribution in [0, 0.1) is 0 Å². The second-order valence-corrected chi connectivity index (χ2v) is 7.80. The van der Waals surface area contributed by atoms with Gasteiger partial charge in [0.1, 0.15) is 15.6 Å². The highest BCUT2D eigenvalue weighted by Gasteiger charge is 2.14. The van der Waals surface area contributed by atoms with E-state index >= 15 is 0 Å². The third-order valence-electron chi connectivity index (χ3n) is 2.84. The Balaban J connectivity index is 2.61. The second-order valence-electron chi connectivity index (χ2n) is 5.62. The monoisotopic (exact) mass is 299 g/mol. The van der Waals surface area contributed by atoms with E-state index in [1.165, 1.54) is 6.26 Å². The predicted octanol–water partition coefficient (Wildman–Crippen LogP) is 2.56.